The lowest BCUT2D eigenvalue weighted by atomic mass is 9.82. The van der Waals surface area contributed by atoms with Gasteiger partial charge in [0.15, 0.2) is 0 Å². The zero-order valence-electron chi connectivity index (χ0n) is 8.99. The molecular formula is C12H19N. The maximum absolute atomic E-state index is 4.03. The predicted octanol–water partition coefficient (Wildman–Crippen LogP) is 3.48. The van der Waals surface area contributed by atoms with Crippen LogP contribution in [0.1, 0.15) is 39.2 Å². The summed E-state index contributed by atoms with van der Waals surface area (Å²) in [5, 5.41) is 0. The van der Waals surface area contributed by atoms with E-state index >= 15 is 0 Å². The van der Waals surface area contributed by atoms with Crippen molar-refractivity contribution < 1.29 is 0 Å². The van der Waals surface area contributed by atoms with Crippen LogP contribution in [0.5, 0.6) is 0 Å². The maximum Gasteiger partial charge on any atom is 0.0270 e. The molecule has 13 heavy (non-hydrogen) atoms. The second kappa shape index (κ2) is 4.40. The van der Waals surface area contributed by atoms with Gasteiger partial charge in [-0.05, 0) is 35.4 Å². The van der Waals surface area contributed by atoms with Crippen molar-refractivity contribution in [2.24, 2.45) is 11.8 Å². The van der Waals surface area contributed by atoms with Gasteiger partial charge in [0.05, 0.1) is 0 Å². The summed E-state index contributed by atoms with van der Waals surface area (Å²) in [6.45, 7) is 9.17. The van der Waals surface area contributed by atoms with Crippen LogP contribution in [0.2, 0.25) is 0 Å². The van der Waals surface area contributed by atoms with E-state index in [-0.39, 0.29) is 0 Å². The Bertz CT molecular complexity index is 241. The Morgan fingerprint density at radius 1 is 1.00 bits per heavy atom. The Kier molecular flexibility index (Phi) is 3.47. The number of pyridine rings is 1. The van der Waals surface area contributed by atoms with E-state index in [1.54, 1.807) is 0 Å². The van der Waals surface area contributed by atoms with E-state index < -0.39 is 0 Å². The standard InChI is InChI=1S/C12H19N/c1-9(2)10(3)11(4)12-5-7-13-8-6-12/h5-11H,1-4H3. The Balaban J connectivity index is 2.73. The van der Waals surface area contributed by atoms with Gasteiger partial charge >= 0.3 is 0 Å². The molecule has 0 aliphatic heterocycles. The third-order valence-corrected chi connectivity index (χ3v) is 3.07. The highest BCUT2D eigenvalue weighted by molar-refractivity contribution is 5.15. The molecule has 0 aliphatic carbocycles. The van der Waals surface area contributed by atoms with Gasteiger partial charge < -0.3 is 0 Å². The molecule has 1 nitrogen and oxygen atoms in total. The summed E-state index contributed by atoms with van der Waals surface area (Å²) >= 11 is 0. The monoisotopic (exact) mass is 177 g/mol. The van der Waals surface area contributed by atoms with Crippen molar-refractivity contribution in [1.82, 2.24) is 4.98 Å². The average Bonchev–Trinajstić information content (AvgIpc) is 2.17. The topological polar surface area (TPSA) is 12.9 Å². The third-order valence-electron chi connectivity index (χ3n) is 3.07. The minimum atomic E-state index is 0.628. The zero-order chi connectivity index (χ0) is 9.84. The molecule has 1 aromatic heterocycles. The highest BCUT2D eigenvalue weighted by Gasteiger charge is 2.16. The van der Waals surface area contributed by atoms with Crippen LogP contribution >= 0.6 is 0 Å². The molecule has 2 unspecified atom stereocenters. The molecule has 0 amide bonds. The van der Waals surface area contributed by atoms with E-state index in [0.29, 0.717) is 5.92 Å². The van der Waals surface area contributed by atoms with Gasteiger partial charge in [-0.25, -0.2) is 0 Å². The molecule has 0 N–H and O–H groups in total. The Hall–Kier alpha value is -0.850. The molecule has 2 atom stereocenters. The van der Waals surface area contributed by atoms with E-state index in [1.165, 1.54) is 5.56 Å². The lowest BCUT2D eigenvalue weighted by molar-refractivity contribution is 0.362. The van der Waals surface area contributed by atoms with Crippen LogP contribution < -0.4 is 0 Å². The molecule has 0 radical (unpaired) electrons. The maximum atomic E-state index is 4.03. The van der Waals surface area contributed by atoms with Crippen LogP contribution in [0, 0.1) is 11.8 Å². The van der Waals surface area contributed by atoms with Crippen molar-refractivity contribution in [2.75, 3.05) is 0 Å². The lowest BCUT2D eigenvalue weighted by Crippen LogP contribution is -2.12. The third kappa shape index (κ3) is 2.55. The van der Waals surface area contributed by atoms with Crippen molar-refractivity contribution in [3.05, 3.63) is 30.1 Å². The minimum absolute atomic E-state index is 0.628. The van der Waals surface area contributed by atoms with Crippen molar-refractivity contribution >= 4 is 0 Å². The summed E-state index contributed by atoms with van der Waals surface area (Å²) in [6.07, 6.45) is 3.75. The van der Waals surface area contributed by atoms with Crippen LogP contribution in [0.15, 0.2) is 24.5 Å². The molecule has 0 aromatic carbocycles. The molecule has 1 rings (SSSR count). The van der Waals surface area contributed by atoms with E-state index in [9.17, 15) is 0 Å². The van der Waals surface area contributed by atoms with E-state index in [0.717, 1.165) is 11.8 Å². The van der Waals surface area contributed by atoms with Gasteiger partial charge in [-0.15, -0.1) is 0 Å². The van der Waals surface area contributed by atoms with Gasteiger partial charge in [0.2, 0.25) is 0 Å². The number of hydrogen-bond acceptors (Lipinski definition) is 1. The first-order valence-corrected chi connectivity index (χ1v) is 5.03. The van der Waals surface area contributed by atoms with Crippen molar-refractivity contribution in [3.8, 4) is 0 Å². The smallest absolute Gasteiger partial charge is 0.0270 e. The largest absolute Gasteiger partial charge is 0.265 e. The van der Waals surface area contributed by atoms with Crippen LogP contribution in [0.4, 0.5) is 0 Å². The first kappa shape index (κ1) is 10.2. The summed E-state index contributed by atoms with van der Waals surface area (Å²) in [5.74, 6) is 2.09. The van der Waals surface area contributed by atoms with Gasteiger partial charge in [-0.1, -0.05) is 27.7 Å². The van der Waals surface area contributed by atoms with Crippen LogP contribution in [-0.4, -0.2) is 4.98 Å². The first-order chi connectivity index (χ1) is 6.13. The average molecular weight is 177 g/mol. The molecule has 0 fully saturated rings. The molecule has 0 aliphatic rings. The molecule has 72 valence electrons. The molecule has 1 heteroatoms. The Morgan fingerprint density at radius 3 is 2.00 bits per heavy atom. The highest BCUT2D eigenvalue weighted by atomic mass is 14.6. The fourth-order valence-corrected chi connectivity index (χ4v) is 1.55. The number of nitrogens with zero attached hydrogens (tertiary/aromatic N) is 1. The first-order valence-electron chi connectivity index (χ1n) is 5.03. The van der Waals surface area contributed by atoms with Gasteiger partial charge in [0.1, 0.15) is 0 Å². The van der Waals surface area contributed by atoms with Crippen LogP contribution in [0.3, 0.4) is 0 Å². The summed E-state index contributed by atoms with van der Waals surface area (Å²) in [6, 6.07) is 4.23. The summed E-state index contributed by atoms with van der Waals surface area (Å²) < 4.78 is 0. The van der Waals surface area contributed by atoms with E-state index in [1.807, 2.05) is 12.4 Å². The molecule has 0 saturated heterocycles. The number of hydrogen-bond donors (Lipinski definition) is 0. The molecule has 0 spiro atoms. The number of rotatable bonds is 3. The Labute approximate surface area is 81.2 Å². The summed E-state index contributed by atoms with van der Waals surface area (Å²) in [4.78, 5) is 4.03. The Morgan fingerprint density at radius 2 is 1.54 bits per heavy atom. The van der Waals surface area contributed by atoms with Gasteiger partial charge in [0.25, 0.3) is 0 Å². The van der Waals surface area contributed by atoms with Crippen LogP contribution in [-0.2, 0) is 0 Å². The van der Waals surface area contributed by atoms with Gasteiger partial charge in [0, 0.05) is 12.4 Å². The van der Waals surface area contributed by atoms with E-state index in [2.05, 4.69) is 44.8 Å². The normalized spacial score (nSPS) is 15.8. The fraction of sp³-hybridized carbons (Fsp3) is 0.583. The summed E-state index contributed by atoms with van der Waals surface area (Å²) in [7, 11) is 0. The van der Waals surface area contributed by atoms with Crippen molar-refractivity contribution in [3.63, 3.8) is 0 Å². The molecule has 1 heterocycles. The highest BCUT2D eigenvalue weighted by Crippen LogP contribution is 2.28. The lowest BCUT2D eigenvalue weighted by Gasteiger charge is -2.23. The van der Waals surface area contributed by atoms with Gasteiger partial charge in [-0.3, -0.25) is 4.98 Å². The molecule has 0 bridgehead atoms. The molecule has 0 saturated carbocycles. The quantitative estimate of drug-likeness (QED) is 0.689. The number of aromatic nitrogens is 1. The second-order valence-corrected chi connectivity index (χ2v) is 4.17. The van der Waals surface area contributed by atoms with E-state index in [4.69, 9.17) is 0 Å². The van der Waals surface area contributed by atoms with Gasteiger partial charge in [-0.2, -0.15) is 0 Å². The molecule has 1 aromatic rings. The molecular weight excluding hydrogens is 158 g/mol. The predicted molar refractivity (Wildman–Crippen MR) is 56.7 cm³/mol. The van der Waals surface area contributed by atoms with Crippen LogP contribution in [0.25, 0.3) is 0 Å². The SMILES string of the molecule is CC(C)C(C)C(C)c1ccncc1. The fourth-order valence-electron chi connectivity index (χ4n) is 1.55. The second-order valence-electron chi connectivity index (χ2n) is 4.17. The minimum Gasteiger partial charge on any atom is -0.265 e. The van der Waals surface area contributed by atoms with Crippen molar-refractivity contribution in [2.45, 2.75) is 33.6 Å². The van der Waals surface area contributed by atoms with Crippen molar-refractivity contribution in [1.29, 1.82) is 0 Å². The zero-order valence-corrected chi connectivity index (χ0v) is 8.99. The summed E-state index contributed by atoms with van der Waals surface area (Å²) in [5.41, 5.74) is 1.40.